The summed E-state index contributed by atoms with van der Waals surface area (Å²) in [6, 6.07) is 15.1. The molecule has 0 spiro atoms. The summed E-state index contributed by atoms with van der Waals surface area (Å²) >= 11 is 1.56. The topological polar surface area (TPSA) is 27.6 Å². The lowest BCUT2D eigenvalue weighted by molar-refractivity contribution is 0.589. The predicted molar refractivity (Wildman–Crippen MR) is 90.4 cm³/mol. The van der Waals surface area contributed by atoms with Crippen molar-refractivity contribution < 1.29 is 0 Å². The normalized spacial score (nSPS) is 17.0. The molecule has 0 atom stereocenters. The first-order chi connectivity index (χ1) is 10.4. The third-order valence-corrected chi connectivity index (χ3v) is 4.80. The summed E-state index contributed by atoms with van der Waals surface area (Å²) in [7, 11) is 0. The number of hydrogen-bond acceptors (Lipinski definition) is 4. The fourth-order valence-electron chi connectivity index (χ4n) is 3.02. The minimum absolute atomic E-state index is 1.05. The quantitative estimate of drug-likeness (QED) is 0.819. The van der Waals surface area contributed by atoms with Crippen molar-refractivity contribution in [1.29, 1.82) is 0 Å². The molecule has 4 rings (SSSR count). The van der Waals surface area contributed by atoms with Crippen molar-refractivity contribution >= 4 is 23.8 Å². The van der Waals surface area contributed by atoms with Gasteiger partial charge in [0.15, 0.2) is 0 Å². The molecule has 2 aromatic carbocycles. The largest absolute Gasteiger partial charge is 0.368 e. The monoisotopic (exact) mass is 295 g/mol. The Kier molecular flexibility index (Phi) is 3.41. The van der Waals surface area contributed by atoms with Crippen molar-refractivity contribution in [2.45, 2.75) is 4.90 Å². The molecule has 0 unspecified atom stereocenters. The number of hydrogen-bond donors (Lipinski definition) is 1. The highest BCUT2D eigenvalue weighted by Gasteiger charge is 2.20. The van der Waals surface area contributed by atoms with Gasteiger partial charge in [0.2, 0.25) is 0 Å². The standard InChI is InChI=1S/C17H17N3S/c1-2-7-16-14(5-1)17-13(12-19-21-16)4-3-6-15(17)20-10-8-18-9-11-20/h1-7,12,18H,8-11H2. The summed E-state index contributed by atoms with van der Waals surface area (Å²) in [6.07, 6.45) is 1.99. The highest BCUT2D eigenvalue weighted by molar-refractivity contribution is 7.98. The van der Waals surface area contributed by atoms with Crippen molar-refractivity contribution in [1.82, 2.24) is 5.32 Å². The highest BCUT2D eigenvalue weighted by Crippen LogP contribution is 2.41. The molecular formula is C17H17N3S. The first-order valence-electron chi connectivity index (χ1n) is 7.32. The van der Waals surface area contributed by atoms with E-state index < -0.39 is 0 Å². The molecular weight excluding hydrogens is 278 g/mol. The van der Waals surface area contributed by atoms with Crippen molar-refractivity contribution in [3.8, 4) is 11.1 Å². The number of anilines is 1. The molecule has 0 aromatic heterocycles. The predicted octanol–water partition coefficient (Wildman–Crippen LogP) is 3.20. The molecule has 0 saturated carbocycles. The van der Waals surface area contributed by atoms with Crippen LogP contribution in [0.5, 0.6) is 0 Å². The Labute approximate surface area is 129 Å². The van der Waals surface area contributed by atoms with Crippen LogP contribution in [0.25, 0.3) is 11.1 Å². The third-order valence-electron chi connectivity index (χ3n) is 4.03. The number of piperazine rings is 1. The maximum atomic E-state index is 4.50. The van der Waals surface area contributed by atoms with E-state index in [1.54, 1.807) is 11.9 Å². The fourth-order valence-corrected chi connectivity index (χ4v) is 3.71. The van der Waals surface area contributed by atoms with Gasteiger partial charge >= 0.3 is 0 Å². The highest BCUT2D eigenvalue weighted by atomic mass is 32.2. The molecule has 1 N–H and O–H groups in total. The Morgan fingerprint density at radius 3 is 2.76 bits per heavy atom. The van der Waals surface area contributed by atoms with Crippen molar-refractivity contribution in [2.24, 2.45) is 4.40 Å². The van der Waals surface area contributed by atoms with Crippen LogP contribution < -0.4 is 10.2 Å². The molecule has 3 nitrogen and oxygen atoms in total. The molecule has 0 amide bonds. The van der Waals surface area contributed by atoms with Gasteiger partial charge in [0, 0.05) is 66.1 Å². The second-order valence-corrected chi connectivity index (χ2v) is 6.13. The minimum atomic E-state index is 1.05. The van der Waals surface area contributed by atoms with Crippen LogP contribution in [0.3, 0.4) is 0 Å². The molecule has 1 saturated heterocycles. The van der Waals surface area contributed by atoms with Crippen molar-refractivity contribution in [3.05, 3.63) is 48.0 Å². The van der Waals surface area contributed by atoms with Crippen molar-refractivity contribution in [2.75, 3.05) is 31.1 Å². The van der Waals surface area contributed by atoms with Gasteiger partial charge < -0.3 is 10.2 Å². The fraction of sp³-hybridized carbons (Fsp3) is 0.235. The number of nitrogens with one attached hydrogen (secondary N) is 1. The van der Waals surface area contributed by atoms with Crippen LogP contribution >= 0.6 is 11.9 Å². The second-order valence-electron chi connectivity index (χ2n) is 5.30. The molecule has 2 heterocycles. The second kappa shape index (κ2) is 5.54. The van der Waals surface area contributed by atoms with Gasteiger partial charge in [0.1, 0.15) is 0 Å². The molecule has 2 aliphatic rings. The van der Waals surface area contributed by atoms with Gasteiger partial charge in [-0.3, -0.25) is 0 Å². The molecule has 4 heteroatoms. The van der Waals surface area contributed by atoms with Gasteiger partial charge in [-0.05, 0) is 17.7 Å². The Hall–Kier alpha value is -1.78. The summed E-state index contributed by atoms with van der Waals surface area (Å²) in [4.78, 5) is 3.71. The number of benzene rings is 2. The zero-order chi connectivity index (χ0) is 14.1. The van der Waals surface area contributed by atoms with Gasteiger partial charge in [-0.1, -0.05) is 30.3 Å². The molecule has 0 aliphatic carbocycles. The van der Waals surface area contributed by atoms with E-state index >= 15 is 0 Å². The van der Waals surface area contributed by atoms with Crippen LogP contribution in [0.15, 0.2) is 51.8 Å². The van der Waals surface area contributed by atoms with E-state index in [1.807, 2.05) is 6.21 Å². The van der Waals surface area contributed by atoms with E-state index in [0.717, 1.165) is 26.2 Å². The molecule has 1 fully saturated rings. The molecule has 0 radical (unpaired) electrons. The molecule has 0 bridgehead atoms. The van der Waals surface area contributed by atoms with Crippen LogP contribution in [0, 0.1) is 0 Å². The molecule has 106 valence electrons. The van der Waals surface area contributed by atoms with E-state index in [2.05, 4.69) is 57.1 Å². The lowest BCUT2D eigenvalue weighted by Crippen LogP contribution is -2.43. The van der Waals surface area contributed by atoms with Crippen LogP contribution in [0.2, 0.25) is 0 Å². The van der Waals surface area contributed by atoms with Crippen LogP contribution in [-0.2, 0) is 0 Å². The number of rotatable bonds is 1. The summed E-state index contributed by atoms with van der Waals surface area (Å²) in [5.41, 5.74) is 5.16. The summed E-state index contributed by atoms with van der Waals surface area (Å²) in [6.45, 7) is 4.22. The van der Waals surface area contributed by atoms with Gasteiger partial charge in [0.05, 0.1) is 0 Å². The summed E-state index contributed by atoms with van der Waals surface area (Å²) in [5.74, 6) is 0. The van der Waals surface area contributed by atoms with Crippen LogP contribution in [-0.4, -0.2) is 32.4 Å². The Bertz CT molecular complexity index is 690. The maximum Gasteiger partial charge on any atom is 0.0453 e. The lowest BCUT2D eigenvalue weighted by Gasteiger charge is -2.31. The smallest absolute Gasteiger partial charge is 0.0453 e. The molecule has 2 aliphatic heterocycles. The van der Waals surface area contributed by atoms with Crippen molar-refractivity contribution in [3.63, 3.8) is 0 Å². The molecule has 2 aromatic rings. The first-order valence-corrected chi connectivity index (χ1v) is 8.09. The van der Waals surface area contributed by atoms with E-state index in [1.165, 1.54) is 27.3 Å². The maximum absolute atomic E-state index is 4.50. The van der Waals surface area contributed by atoms with E-state index in [-0.39, 0.29) is 0 Å². The lowest BCUT2D eigenvalue weighted by atomic mass is 9.97. The Morgan fingerprint density at radius 2 is 1.86 bits per heavy atom. The summed E-state index contributed by atoms with van der Waals surface area (Å²) in [5, 5.41) is 3.42. The van der Waals surface area contributed by atoms with Gasteiger partial charge in [-0.25, -0.2) is 4.40 Å². The van der Waals surface area contributed by atoms with E-state index in [9.17, 15) is 0 Å². The number of nitrogens with zero attached hydrogens (tertiary/aromatic N) is 2. The van der Waals surface area contributed by atoms with Gasteiger partial charge in [0.25, 0.3) is 0 Å². The molecule has 21 heavy (non-hydrogen) atoms. The van der Waals surface area contributed by atoms with Crippen LogP contribution in [0.1, 0.15) is 5.56 Å². The average molecular weight is 295 g/mol. The SMILES string of the molecule is C1=NSc2ccccc2-c2c1cccc2N1CCNCC1. The summed E-state index contributed by atoms with van der Waals surface area (Å²) < 4.78 is 4.50. The van der Waals surface area contributed by atoms with E-state index in [4.69, 9.17) is 0 Å². The van der Waals surface area contributed by atoms with Gasteiger partial charge in [-0.2, -0.15) is 0 Å². The third kappa shape index (κ3) is 2.34. The Balaban J connectivity index is 1.91. The first kappa shape index (κ1) is 12.9. The Morgan fingerprint density at radius 1 is 1.00 bits per heavy atom. The zero-order valence-corrected chi connectivity index (χ0v) is 12.6. The van der Waals surface area contributed by atoms with Gasteiger partial charge in [-0.15, -0.1) is 0 Å². The van der Waals surface area contributed by atoms with Crippen LogP contribution in [0.4, 0.5) is 5.69 Å². The van der Waals surface area contributed by atoms with E-state index in [0.29, 0.717) is 0 Å². The zero-order valence-electron chi connectivity index (χ0n) is 11.7. The minimum Gasteiger partial charge on any atom is -0.368 e. The average Bonchev–Trinajstić information content (AvgIpc) is 2.75. The number of fused-ring (bicyclic) bond motifs is 3.